The Morgan fingerprint density at radius 1 is 1.19 bits per heavy atom. The molecule has 4 rings (SSSR count). The Kier molecular flexibility index (Phi) is 12.9. The Morgan fingerprint density at radius 3 is 2.21 bits per heavy atom. The minimum absolute atomic E-state index is 0.117. The number of halogens is 4. The molecule has 1 aromatic rings. The number of benzene rings is 1. The van der Waals surface area contributed by atoms with Crippen LogP contribution in [0, 0.1) is 35.2 Å². The molecule has 1 saturated carbocycles. The lowest BCUT2D eigenvalue weighted by Gasteiger charge is -2.34. The highest BCUT2D eigenvalue weighted by Gasteiger charge is 2.43. The van der Waals surface area contributed by atoms with Crippen LogP contribution in [-0.4, -0.2) is 67.5 Å². The van der Waals surface area contributed by atoms with E-state index in [-0.39, 0.29) is 24.5 Å². The van der Waals surface area contributed by atoms with Crippen molar-refractivity contribution in [2.75, 3.05) is 31.6 Å². The summed E-state index contributed by atoms with van der Waals surface area (Å²) in [6.45, 7) is 11.5. The van der Waals surface area contributed by atoms with Gasteiger partial charge in [0, 0.05) is 36.9 Å². The van der Waals surface area contributed by atoms with Crippen molar-refractivity contribution in [2.24, 2.45) is 11.8 Å². The molecule has 238 valence electrons. The number of methoxy groups -OCH3 is 1. The summed E-state index contributed by atoms with van der Waals surface area (Å²) >= 11 is 6.12. The molecule has 12 heteroatoms. The van der Waals surface area contributed by atoms with Crippen LogP contribution in [0.25, 0.3) is 0 Å². The fourth-order valence-electron chi connectivity index (χ4n) is 4.77. The number of nitrogens with one attached hydrogen (secondary N) is 1. The van der Waals surface area contributed by atoms with Crippen LogP contribution in [0.3, 0.4) is 0 Å². The highest BCUT2D eigenvalue weighted by molar-refractivity contribution is 6.32. The van der Waals surface area contributed by atoms with E-state index in [4.69, 9.17) is 21.6 Å². The van der Waals surface area contributed by atoms with Crippen LogP contribution in [0.15, 0.2) is 18.2 Å². The first-order valence-corrected chi connectivity index (χ1v) is 14.7. The molecule has 2 atom stereocenters. The molecule has 2 heterocycles. The van der Waals surface area contributed by atoms with Crippen molar-refractivity contribution in [3.63, 3.8) is 0 Å². The summed E-state index contributed by atoms with van der Waals surface area (Å²) in [6, 6.07) is 7.63. The first-order chi connectivity index (χ1) is 20.0. The minimum Gasteiger partial charge on any atom is -0.450 e. The third-order valence-electron chi connectivity index (χ3n) is 7.27. The van der Waals surface area contributed by atoms with Gasteiger partial charge in [-0.15, -0.1) is 0 Å². The number of likely N-dealkylation sites (tertiary alicyclic amines) is 1. The van der Waals surface area contributed by atoms with E-state index in [0.29, 0.717) is 42.0 Å². The number of nitriles is 1. The molecule has 0 bridgehead atoms. The van der Waals surface area contributed by atoms with E-state index in [1.807, 2.05) is 42.7 Å². The van der Waals surface area contributed by atoms with E-state index in [1.165, 1.54) is 7.11 Å². The predicted octanol–water partition coefficient (Wildman–Crippen LogP) is 6.51. The summed E-state index contributed by atoms with van der Waals surface area (Å²) in [6.07, 6.45) is 1.70. The Bertz CT molecular complexity index is 1190. The fraction of sp³-hybridized carbons (Fsp3) is 0.645. The lowest BCUT2D eigenvalue weighted by atomic mass is 9.96. The van der Waals surface area contributed by atoms with Crippen molar-refractivity contribution < 1.29 is 32.2 Å². The molecule has 8 nitrogen and oxygen atoms in total. The number of hydrogen-bond acceptors (Lipinski definition) is 6. The second-order valence-electron chi connectivity index (χ2n) is 12.2. The van der Waals surface area contributed by atoms with Crippen molar-refractivity contribution in [2.45, 2.75) is 90.1 Å². The normalized spacial score (nSPS) is 21.0. The maximum atomic E-state index is 12.6. The maximum Gasteiger partial charge on any atom is 0.410 e. The average Bonchev–Trinajstić information content (AvgIpc) is 3.62. The van der Waals surface area contributed by atoms with Crippen molar-refractivity contribution in [1.82, 2.24) is 10.2 Å². The lowest BCUT2D eigenvalue weighted by molar-refractivity contribution is -0.179. The Morgan fingerprint density at radius 2 is 1.81 bits per heavy atom. The second kappa shape index (κ2) is 15.4. The molecule has 3 fully saturated rings. The number of anilines is 1. The van der Waals surface area contributed by atoms with E-state index >= 15 is 0 Å². The van der Waals surface area contributed by atoms with Crippen LogP contribution in [0.5, 0.6) is 0 Å². The van der Waals surface area contributed by atoms with Crippen LogP contribution < -0.4 is 10.2 Å². The third-order valence-corrected chi connectivity index (χ3v) is 7.59. The van der Waals surface area contributed by atoms with Crippen LogP contribution in [0.4, 0.5) is 23.7 Å². The third kappa shape index (κ3) is 11.7. The number of carbonyl (C=O) groups excluding carboxylic acids is 2. The lowest BCUT2D eigenvalue weighted by Crippen LogP contribution is -2.39. The van der Waals surface area contributed by atoms with Gasteiger partial charge in [0.2, 0.25) is 6.41 Å². The van der Waals surface area contributed by atoms with Gasteiger partial charge in [-0.3, -0.25) is 4.79 Å². The number of carbonyl (C=O) groups is 2. The topological polar surface area (TPSA) is 94.9 Å². The molecule has 2 saturated heterocycles. The largest absolute Gasteiger partial charge is 0.450 e. The Balaban J connectivity index is 0.000000251. The summed E-state index contributed by atoms with van der Waals surface area (Å²) in [5.74, 6) is 2.15. The molecule has 2 amide bonds. The van der Waals surface area contributed by atoms with Crippen LogP contribution in [0.2, 0.25) is 5.02 Å². The fourth-order valence-corrected chi connectivity index (χ4v) is 5.00. The molecule has 43 heavy (non-hydrogen) atoms. The van der Waals surface area contributed by atoms with Gasteiger partial charge in [-0.05, 0) is 89.8 Å². The zero-order chi connectivity index (χ0) is 32.4. The molecule has 1 unspecified atom stereocenters. The van der Waals surface area contributed by atoms with E-state index in [0.717, 1.165) is 31.5 Å². The molecule has 0 radical (unpaired) electrons. The van der Waals surface area contributed by atoms with E-state index in [2.05, 4.69) is 35.9 Å². The average molecular weight is 627 g/mol. The van der Waals surface area contributed by atoms with Crippen LogP contribution in [0.1, 0.15) is 72.3 Å². The first-order valence-electron chi connectivity index (χ1n) is 14.3. The van der Waals surface area contributed by atoms with Crippen molar-refractivity contribution >= 4 is 29.8 Å². The number of amides is 2. The summed E-state index contributed by atoms with van der Waals surface area (Å²) in [7, 11) is 1.46. The number of piperidine rings is 1. The van der Waals surface area contributed by atoms with Crippen molar-refractivity contribution in [3.8, 4) is 18.1 Å². The monoisotopic (exact) mass is 626 g/mol. The van der Waals surface area contributed by atoms with Crippen molar-refractivity contribution in [3.05, 3.63) is 28.8 Å². The molecular weight excluding hydrogens is 585 g/mol. The molecule has 1 aromatic carbocycles. The standard InChI is InChI=1S/C15H15ClF3NO.C11H21NO2.C5H6N2O/c1-21-9-6-11-2-3-13(10-14(11)16)20-7-4-12(5-8-20)15(17,18)19;1-8-6-9(2)12(7-8)10(13)14-11(3,4)5;6-3-5(1-2-5)7-4-8/h2-3,10,12H,4-5,7-8H2,1H3;8-9H,6-7H2,1-5H3;4H,1-2H2,(H,7,8)/t;8?,9-;/m.1./s1. The summed E-state index contributed by atoms with van der Waals surface area (Å²) < 4.78 is 47.9. The minimum atomic E-state index is -4.09. The zero-order valence-electron chi connectivity index (χ0n) is 25.7. The van der Waals surface area contributed by atoms with E-state index in [1.54, 1.807) is 12.1 Å². The van der Waals surface area contributed by atoms with E-state index < -0.39 is 17.6 Å². The van der Waals surface area contributed by atoms with Gasteiger partial charge in [0.05, 0.1) is 24.1 Å². The van der Waals surface area contributed by atoms with Gasteiger partial charge in [0.1, 0.15) is 17.2 Å². The molecule has 0 spiro atoms. The van der Waals surface area contributed by atoms with E-state index in [9.17, 15) is 22.8 Å². The van der Waals surface area contributed by atoms with Gasteiger partial charge < -0.3 is 24.6 Å². The highest BCUT2D eigenvalue weighted by Crippen LogP contribution is 2.36. The predicted molar refractivity (Wildman–Crippen MR) is 159 cm³/mol. The molecule has 3 aliphatic rings. The zero-order valence-corrected chi connectivity index (χ0v) is 26.4. The van der Waals surface area contributed by atoms with Gasteiger partial charge in [-0.1, -0.05) is 18.5 Å². The maximum absolute atomic E-state index is 12.6. The quantitative estimate of drug-likeness (QED) is 0.303. The number of ether oxygens (including phenoxy) is 2. The summed E-state index contributed by atoms with van der Waals surface area (Å²) in [5, 5.41) is 11.2. The van der Waals surface area contributed by atoms with Crippen LogP contribution >= 0.6 is 11.6 Å². The number of hydrogen-bond donors (Lipinski definition) is 1. The summed E-state index contributed by atoms with van der Waals surface area (Å²) in [4.78, 5) is 25.2. The number of rotatable bonds is 3. The molecule has 2 aliphatic heterocycles. The number of alkyl halides is 3. The molecule has 1 aliphatic carbocycles. The smallest absolute Gasteiger partial charge is 0.410 e. The molecule has 1 N–H and O–H groups in total. The molecular formula is C31H42ClF3N4O4. The Hall–Kier alpha value is -3.31. The van der Waals surface area contributed by atoms with Gasteiger partial charge in [0.15, 0.2) is 0 Å². The van der Waals surface area contributed by atoms with Gasteiger partial charge in [0.25, 0.3) is 0 Å². The highest BCUT2D eigenvalue weighted by atomic mass is 35.5. The Labute approximate surface area is 257 Å². The van der Waals surface area contributed by atoms with Gasteiger partial charge in [-0.25, -0.2) is 4.79 Å². The van der Waals surface area contributed by atoms with Crippen molar-refractivity contribution in [1.29, 1.82) is 5.26 Å². The second-order valence-corrected chi connectivity index (χ2v) is 12.6. The van der Waals surface area contributed by atoms with Gasteiger partial charge >= 0.3 is 12.3 Å². The SMILES string of the molecule is CC1C[C@@H](C)N(C(=O)OC(C)(C)C)C1.COC#Cc1ccc(N2CCC(C(F)(F)F)CC2)cc1Cl.N#CC1(NC=O)CC1. The van der Waals surface area contributed by atoms with Gasteiger partial charge in [-0.2, -0.15) is 18.4 Å². The summed E-state index contributed by atoms with van der Waals surface area (Å²) in [5.41, 5.74) is 0.598. The molecule has 0 aromatic heterocycles. The number of nitrogens with zero attached hydrogens (tertiary/aromatic N) is 3. The van der Waals surface area contributed by atoms with Crippen LogP contribution in [-0.2, 0) is 14.3 Å². The first kappa shape index (κ1) is 35.9.